The maximum Gasteiger partial charge on any atom is 0.223 e. The second-order valence-electron chi connectivity index (χ2n) is 11.5. The van der Waals surface area contributed by atoms with E-state index in [-0.39, 0.29) is 52.2 Å². The fourth-order valence-corrected chi connectivity index (χ4v) is 3.47. The van der Waals surface area contributed by atoms with E-state index < -0.39 is 11.6 Å². The first-order valence-corrected chi connectivity index (χ1v) is 15.4. The van der Waals surface area contributed by atoms with E-state index in [1.807, 2.05) is 41.5 Å². The molecule has 0 aliphatic heterocycles. The molecule has 0 aromatic heterocycles. The number of ether oxygens (including phenoxy) is 3. The van der Waals surface area contributed by atoms with E-state index >= 15 is 0 Å². The van der Waals surface area contributed by atoms with Crippen LogP contribution < -0.4 is 0 Å². The fourth-order valence-electron chi connectivity index (χ4n) is 3.47. The van der Waals surface area contributed by atoms with Gasteiger partial charge in [-0.05, 0) is 82.6 Å². The minimum atomic E-state index is -1.50. The number of hydrogen-bond acceptors (Lipinski definition) is 6. The van der Waals surface area contributed by atoms with E-state index in [1.54, 1.807) is 34.6 Å². The monoisotopic (exact) mass is 599 g/mol. The van der Waals surface area contributed by atoms with Crippen LogP contribution in [0.25, 0.3) is 0 Å². The summed E-state index contributed by atoms with van der Waals surface area (Å²) in [4.78, 5) is 0. The van der Waals surface area contributed by atoms with Crippen LogP contribution in [0.15, 0.2) is 0 Å². The van der Waals surface area contributed by atoms with Gasteiger partial charge in [-0.25, -0.2) is 0 Å². The van der Waals surface area contributed by atoms with Crippen molar-refractivity contribution >= 4 is 0 Å². The predicted molar refractivity (Wildman–Crippen MR) is 164 cm³/mol. The van der Waals surface area contributed by atoms with Gasteiger partial charge in [0.1, 0.15) is 0 Å². The van der Waals surface area contributed by atoms with Crippen LogP contribution in [0.4, 0.5) is 0 Å². The molecule has 0 amide bonds. The first kappa shape index (κ1) is 49.2. The Labute approximate surface area is 260 Å². The minimum absolute atomic E-state index is 0. The van der Waals surface area contributed by atoms with Gasteiger partial charge in [0, 0.05) is 40.3 Å². The molecule has 6 nitrogen and oxygen atoms in total. The predicted octanol–water partition coefficient (Wildman–Crippen LogP) is 8.59. The summed E-state index contributed by atoms with van der Waals surface area (Å²) in [6.45, 7) is 28.4. The molecule has 0 aliphatic carbocycles. The van der Waals surface area contributed by atoms with E-state index in [4.69, 9.17) is 24.4 Å². The normalized spacial score (nSPS) is 12.8. The Hall–Kier alpha value is 0.474. The number of rotatable bonds is 17. The molecule has 0 bridgehead atoms. The van der Waals surface area contributed by atoms with E-state index in [1.165, 1.54) is 44.9 Å². The molecule has 39 heavy (non-hydrogen) atoms. The molecular formula is C32H71O6Ti-. The van der Waals surface area contributed by atoms with E-state index in [9.17, 15) is 5.11 Å². The van der Waals surface area contributed by atoms with Gasteiger partial charge in [-0.15, -0.1) is 0 Å². The minimum Gasteiger partial charge on any atom is -0.394 e. The van der Waals surface area contributed by atoms with Crippen molar-refractivity contribution < 1.29 is 51.2 Å². The van der Waals surface area contributed by atoms with Gasteiger partial charge in [0.05, 0.1) is 18.3 Å². The maximum absolute atomic E-state index is 11.0. The Morgan fingerprint density at radius 3 is 1.18 bits per heavy atom. The Bertz CT molecular complexity index is 426. The van der Waals surface area contributed by atoms with Crippen molar-refractivity contribution in [2.45, 2.75) is 203 Å². The maximum atomic E-state index is 11.0. The molecule has 0 aliphatic rings. The van der Waals surface area contributed by atoms with Crippen molar-refractivity contribution in [2.75, 3.05) is 0 Å². The van der Waals surface area contributed by atoms with Gasteiger partial charge in [0.25, 0.3) is 0 Å². The molecule has 0 saturated heterocycles. The first-order chi connectivity index (χ1) is 17.4. The summed E-state index contributed by atoms with van der Waals surface area (Å²) in [5.74, 6) is -2.64. The van der Waals surface area contributed by atoms with Crippen LogP contribution in [0.1, 0.15) is 161 Å². The van der Waals surface area contributed by atoms with Crippen molar-refractivity contribution in [3.8, 4) is 0 Å². The summed E-state index contributed by atoms with van der Waals surface area (Å²) in [6.07, 6.45) is 12.4. The van der Waals surface area contributed by atoms with E-state index in [0.29, 0.717) is 6.42 Å². The molecule has 0 rings (SSSR count). The van der Waals surface area contributed by atoms with E-state index in [0.717, 1.165) is 19.3 Å². The zero-order chi connectivity index (χ0) is 30.8. The summed E-state index contributed by atoms with van der Waals surface area (Å²) >= 11 is 0. The third-order valence-electron chi connectivity index (χ3n) is 4.74. The molecule has 0 heterocycles. The molecule has 0 radical (unpaired) electrons. The third kappa shape index (κ3) is 38.5. The SMILES string of the molecule is CC(C)O.CC(C)O.CCCCCCC(OC(C)C)(OC(C)C)C(C)(O)OC(C)C.[CH2-]CCCCCCC.[Ti]. The van der Waals surface area contributed by atoms with Crippen LogP contribution in [-0.4, -0.2) is 57.4 Å². The smallest absolute Gasteiger partial charge is 0.223 e. The quantitative estimate of drug-likeness (QED) is 0.0672. The zero-order valence-electron chi connectivity index (χ0n) is 28.4. The molecule has 0 saturated carbocycles. The average molecular weight is 600 g/mol. The van der Waals surface area contributed by atoms with Crippen LogP contribution in [0.5, 0.6) is 0 Å². The number of hydrogen-bond donors (Lipinski definition) is 3. The molecular weight excluding hydrogens is 528 g/mol. The van der Waals surface area contributed by atoms with Gasteiger partial charge in [-0.1, -0.05) is 65.2 Å². The molecule has 0 fully saturated rings. The third-order valence-corrected chi connectivity index (χ3v) is 4.74. The van der Waals surface area contributed by atoms with Crippen LogP contribution in [0, 0.1) is 6.92 Å². The van der Waals surface area contributed by atoms with Crippen LogP contribution >= 0.6 is 0 Å². The molecule has 0 aromatic carbocycles. The zero-order valence-corrected chi connectivity index (χ0v) is 30.0. The topological polar surface area (TPSA) is 88.4 Å². The van der Waals surface area contributed by atoms with Crippen LogP contribution in [-0.2, 0) is 35.9 Å². The van der Waals surface area contributed by atoms with Crippen LogP contribution in [0.3, 0.4) is 0 Å². The Kier molecular flexibility index (Phi) is 39.6. The second kappa shape index (κ2) is 31.4. The summed E-state index contributed by atoms with van der Waals surface area (Å²) in [5.41, 5.74) is 0. The summed E-state index contributed by atoms with van der Waals surface area (Å²) < 4.78 is 18.0. The Morgan fingerprint density at radius 2 is 0.897 bits per heavy atom. The van der Waals surface area contributed by atoms with Gasteiger partial charge in [-0.2, -0.15) is 6.42 Å². The molecule has 7 heteroatoms. The number of unbranched alkanes of at least 4 members (excludes halogenated alkanes) is 8. The molecule has 1 atom stereocenters. The van der Waals surface area contributed by atoms with Gasteiger partial charge in [0.15, 0.2) is 0 Å². The van der Waals surface area contributed by atoms with Gasteiger partial charge < -0.3 is 36.5 Å². The molecule has 0 spiro atoms. The van der Waals surface area contributed by atoms with Gasteiger partial charge >= 0.3 is 0 Å². The number of aliphatic hydroxyl groups excluding tert-OH is 2. The van der Waals surface area contributed by atoms with Gasteiger partial charge in [0.2, 0.25) is 11.6 Å². The Morgan fingerprint density at radius 1 is 0.590 bits per heavy atom. The molecule has 240 valence electrons. The second-order valence-corrected chi connectivity index (χ2v) is 11.5. The Balaban J connectivity index is -0.000000185. The fraction of sp³-hybridized carbons (Fsp3) is 0.969. The summed E-state index contributed by atoms with van der Waals surface area (Å²) in [5, 5.41) is 27.1. The van der Waals surface area contributed by atoms with Gasteiger partial charge in [-0.3, -0.25) is 0 Å². The summed E-state index contributed by atoms with van der Waals surface area (Å²) in [7, 11) is 0. The van der Waals surface area contributed by atoms with Crippen molar-refractivity contribution in [2.24, 2.45) is 0 Å². The van der Waals surface area contributed by atoms with Crippen molar-refractivity contribution in [3.05, 3.63) is 6.92 Å². The molecule has 1 unspecified atom stereocenters. The standard InChI is InChI=1S/C18H38O4.C8H17.2C3H8O.Ti/c1-9-10-11-12-13-18(21-15(4)5,22-16(6)7)17(8,19)20-14(2)3;1-3-5-7-8-6-4-2;2*1-3(2)4;/h14-16,19H,9-13H2,1-8H3;1,3-8H2,2H3;2*3-4H,1-2H3;/q;-1;;;. The van der Waals surface area contributed by atoms with Crippen molar-refractivity contribution in [1.29, 1.82) is 0 Å². The average Bonchev–Trinajstić information content (AvgIpc) is 2.72. The molecule has 3 N–H and O–H groups in total. The van der Waals surface area contributed by atoms with Crippen molar-refractivity contribution in [3.63, 3.8) is 0 Å². The van der Waals surface area contributed by atoms with Crippen LogP contribution in [0.2, 0.25) is 0 Å². The summed E-state index contributed by atoms with van der Waals surface area (Å²) in [6, 6.07) is 0. The van der Waals surface area contributed by atoms with Crippen molar-refractivity contribution in [1.82, 2.24) is 0 Å². The molecule has 0 aromatic rings. The largest absolute Gasteiger partial charge is 0.394 e. The number of aliphatic hydroxyl groups is 3. The van der Waals surface area contributed by atoms with E-state index in [2.05, 4.69) is 20.8 Å². The first-order valence-electron chi connectivity index (χ1n) is 15.4.